The summed E-state index contributed by atoms with van der Waals surface area (Å²) in [6.45, 7) is 3.80. The molecule has 0 aliphatic carbocycles. The van der Waals surface area contributed by atoms with Crippen molar-refractivity contribution in [1.82, 2.24) is 0 Å². The Kier molecular flexibility index (Phi) is 6.07. The van der Waals surface area contributed by atoms with Crippen molar-refractivity contribution in [2.45, 2.75) is 19.8 Å². The summed E-state index contributed by atoms with van der Waals surface area (Å²) in [7, 11) is 3.06. The summed E-state index contributed by atoms with van der Waals surface area (Å²) in [4.78, 5) is 24.1. The Labute approximate surface area is 168 Å². The second-order valence-corrected chi connectivity index (χ2v) is 6.74. The van der Waals surface area contributed by atoms with Crippen LogP contribution in [0.4, 0.5) is 5.69 Å². The summed E-state index contributed by atoms with van der Waals surface area (Å²) in [5.41, 5.74) is 1.40. The van der Waals surface area contributed by atoms with Gasteiger partial charge < -0.3 is 23.9 Å². The molecule has 0 aliphatic rings. The van der Waals surface area contributed by atoms with Gasteiger partial charge in [0.25, 0.3) is 5.91 Å². The molecule has 152 valence electrons. The van der Waals surface area contributed by atoms with Crippen molar-refractivity contribution < 1.29 is 23.4 Å². The molecule has 7 heteroatoms. The molecule has 7 nitrogen and oxygen atoms in total. The van der Waals surface area contributed by atoms with Crippen LogP contribution in [-0.2, 0) is 4.79 Å². The zero-order chi connectivity index (χ0) is 21.0. The van der Waals surface area contributed by atoms with Gasteiger partial charge in [0.1, 0.15) is 22.8 Å². The fourth-order valence-electron chi connectivity index (χ4n) is 2.98. The fourth-order valence-corrected chi connectivity index (χ4v) is 2.98. The molecule has 0 aliphatic heterocycles. The highest BCUT2D eigenvalue weighted by atomic mass is 16.5. The van der Waals surface area contributed by atoms with E-state index in [1.807, 2.05) is 19.9 Å². The second kappa shape index (κ2) is 8.68. The lowest BCUT2D eigenvalue weighted by molar-refractivity contribution is -0.118. The van der Waals surface area contributed by atoms with Crippen LogP contribution in [0.3, 0.4) is 0 Å². The Morgan fingerprint density at radius 3 is 2.48 bits per heavy atom. The fraction of sp³-hybridized carbons (Fsp3) is 0.273. The average Bonchev–Trinajstić information content (AvgIpc) is 2.71. The van der Waals surface area contributed by atoms with Crippen molar-refractivity contribution in [3.8, 4) is 17.2 Å². The summed E-state index contributed by atoms with van der Waals surface area (Å²) >= 11 is 0. The molecule has 0 unspecified atom stereocenters. The highest BCUT2D eigenvalue weighted by Crippen LogP contribution is 2.29. The smallest absolute Gasteiger partial charge is 0.336 e. The molecule has 1 heterocycles. The van der Waals surface area contributed by atoms with E-state index >= 15 is 0 Å². The number of amides is 1. The van der Waals surface area contributed by atoms with E-state index in [0.717, 1.165) is 10.9 Å². The van der Waals surface area contributed by atoms with Crippen molar-refractivity contribution in [3.63, 3.8) is 0 Å². The van der Waals surface area contributed by atoms with Gasteiger partial charge in [-0.3, -0.25) is 4.79 Å². The minimum absolute atomic E-state index is 0.178. The van der Waals surface area contributed by atoms with Crippen LogP contribution in [-0.4, -0.2) is 26.7 Å². The summed E-state index contributed by atoms with van der Waals surface area (Å²) in [5, 5.41) is 3.58. The normalized spacial score (nSPS) is 10.8. The lowest BCUT2D eigenvalue weighted by Crippen LogP contribution is -2.20. The zero-order valence-corrected chi connectivity index (χ0v) is 16.8. The molecule has 0 atom stereocenters. The largest absolute Gasteiger partial charge is 0.497 e. The van der Waals surface area contributed by atoms with E-state index in [1.165, 1.54) is 13.2 Å². The van der Waals surface area contributed by atoms with Crippen molar-refractivity contribution in [1.29, 1.82) is 0 Å². The molecule has 0 radical (unpaired) electrons. The van der Waals surface area contributed by atoms with E-state index in [9.17, 15) is 9.59 Å². The Morgan fingerprint density at radius 2 is 1.79 bits per heavy atom. The molecule has 0 saturated heterocycles. The summed E-state index contributed by atoms with van der Waals surface area (Å²) < 4.78 is 21.3. The van der Waals surface area contributed by atoms with Gasteiger partial charge in [-0.25, -0.2) is 4.79 Å². The maximum Gasteiger partial charge on any atom is 0.336 e. The van der Waals surface area contributed by atoms with Crippen LogP contribution in [0.5, 0.6) is 17.2 Å². The topological polar surface area (TPSA) is 87.0 Å². The van der Waals surface area contributed by atoms with E-state index in [0.29, 0.717) is 28.5 Å². The number of benzene rings is 2. The van der Waals surface area contributed by atoms with Crippen LogP contribution in [0.15, 0.2) is 51.7 Å². The Hall–Kier alpha value is -3.48. The van der Waals surface area contributed by atoms with Gasteiger partial charge in [0, 0.05) is 23.6 Å². The minimum Gasteiger partial charge on any atom is -0.497 e. The summed E-state index contributed by atoms with van der Waals surface area (Å²) in [5.74, 6) is 1.33. The summed E-state index contributed by atoms with van der Waals surface area (Å²) in [6, 6.07) is 11.8. The van der Waals surface area contributed by atoms with E-state index in [2.05, 4.69) is 5.32 Å². The second-order valence-electron chi connectivity index (χ2n) is 6.74. The molecule has 3 aromatic rings. The maximum atomic E-state index is 12.3. The number of nitrogens with one attached hydrogen (secondary N) is 1. The lowest BCUT2D eigenvalue weighted by atomic mass is 10.00. The number of fused-ring (bicyclic) bond motifs is 1. The summed E-state index contributed by atoms with van der Waals surface area (Å²) in [6.07, 6.45) is 0. The Morgan fingerprint density at radius 1 is 1.03 bits per heavy atom. The van der Waals surface area contributed by atoms with E-state index < -0.39 is 5.63 Å². The monoisotopic (exact) mass is 397 g/mol. The van der Waals surface area contributed by atoms with Gasteiger partial charge in [-0.05, 0) is 35.7 Å². The number of anilines is 1. The Bertz CT molecular complexity index is 1090. The van der Waals surface area contributed by atoms with Gasteiger partial charge in [0.05, 0.1) is 19.9 Å². The molecule has 0 spiro atoms. The minimum atomic E-state index is -0.416. The predicted octanol–water partition coefficient (Wildman–Crippen LogP) is 3.95. The molecule has 3 rings (SSSR count). The van der Waals surface area contributed by atoms with Gasteiger partial charge in [0.15, 0.2) is 6.61 Å². The molecule has 29 heavy (non-hydrogen) atoms. The van der Waals surface area contributed by atoms with Crippen LogP contribution in [0.25, 0.3) is 11.0 Å². The lowest BCUT2D eigenvalue weighted by Gasteiger charge is -2.13. The molecule has 0 bridgehead atoms. The molecule has 0 fully saturated rings. The van der Waals surface area contributed by atoms with E-state index in [1.54, 1.807) is 37.4 Å². The number of rotatable bonds is 7. The van der Waals surface area contributed by atoms with Crippen LogP contribution < -0.4 is 25.2 Å². The standard InChI is InChI=1S/C22H23NO6/c1-13(2)17-11-22(25)29-20-10-15(5-7-16(17)20)28-12-21(24)23-18-9-14(26-3)6-8-19(18)27-4/h5-11,13H,12H2,1-4H3,(H,23,24). The third kappa shape index (κ3) is 4.68. The van der Waals surface area contributed by atoms with Crippen molar-refractivity contribution in [2.24, 2.45) is 0 Å². The van der Waals surface area contributed by atoms with Gasteiger partial charge in [-0.2, -0.15) is 0 Å². The van der Waals surface area contributed by atoms with Gasteiger partial charge in [-0.1, -0.05) is 13.8 Å². The average molecular weight is 397 g/mol. The maximum absolute atomic E-state index is 12.3. The van der Waals surface area contributed by atoms with E-state index in [-0.39, 0.29) is 18.4 Å². The molecular weight excluding hydrogens is 374 g/mol. The van der Waals surface area contributed by atoms with Gasteiger partial charge in [-0.15, -0.1) is 0 Å². The van der Waals surface area contributed by atoms with Crippen molar-refractivity contribution in [2.75, 3.05) is 26.1 Å². The number of methoxy groups -OCH3 is 2. The van der Waals surface area contributed by atoms with Crippen molar-refractivity contribution in [3.05, 3.63) is 58.4 Å². The highest BCUT2D eigenvalue weighted by molar-refractivity contribution is 5.93. The first-order chi connectivity index (χ1) is 13.9. The van der Waals surface area contributed by atoms with Crippen LogP contribution >= 0.6 is 0 Å². The first-order valence-electron chi connectivity index (χ1n) is 9.13. The first-order valence-corrected chi connectivity index (χ1v) is 9.13. The number of hydrogen-bond acceptors (Lipinski definition) is 6. The highest BCUT2D eigenvalue weighted by Gasteiger charge is 2.12. The molecular formula is C22H23NO6. The number of hydrogen-bond donors (Lipinski definition) is 1. The molecule has 2 aromatic carbocycles. The van der Waals surface area contributed by atoms with Crippen LogP contribution in [0.2, 0.25) is 0 Å². The Balaban J connectivity index is 1.74. The van der Waals surface area contributed by atoms with E-state index in [4.69, 9.17) is 18.6 Å². The third-order valence-corrected chi connectivity index (χ3v) is 4.42. The number of carbonyl (C=O) groups excluding carboxylic acids is 1. The molecule has 1 aromatic heterocycles. The third-order valence-electron chi connectivity index (χ3n) is 4.42. The quantitative estimate of drug-likeness (QED) is 0.608. The number of carbonyl (C=O) groups is 1. The van der Waals surface area contributed by atoms with Gasteiger partial charge in [0.2, 0.25) is 0 Å². The zero-order valence-electron chi connectivity index (χ0n) is 16.8. The SMILES string of the molecule is COc1ccc(OC)c(NC(=O)COc2ccc3c(C(C)C)cc(=O)oc3c2)c1. The molecule has 1 N–H and O–H groups in total. The molecule has 1 amide bonds. The predicted molar refractivity (Wildman–Crippen MR) is 110 cm³/mol. The first kappa shape index (κ1) is 20.3. The van der Waals surface area contributed by atoms with Crippen molar-refractivity contribution >= 4 is 22.6 Å². The van der Waals surface area contributed by atoms with Crippen LogP contribution in [0.1, 0.15) is 25.3 Å². The van der Waals surface area contributed by atoms with Crippen LogP contribution in [0, 0.1) is 0 Å². The van der Waals surface area contributed by atoms with Gasteiger partial charge >= 0.3 is 5.63 Å². The molecule has 0 saturated carbocycles. The number of ether oxygens (including phenoxy) is 3.